The summed E-state index contributed by atoms with van der Waals surface area (Å²) in [7, 11) is 0. The summed E-state index contributed by atoms with van der Waals surface area (Å²) in [5, 5.41) is 11.9. The van der Waals surface area contributed by atoms with Crippen molar-refractivity contribution in [3.8, 4) is 0 Å². The Morgan fingerprint density at radius 2 is 2.11 bits per heavy atom. The molecule has 1 fully saturated rings. The standard InChI is InChI=1S/C14H17NO4/c1-3-10-6-4-5-9(2)11(10)15-12(16)14(13(17)18)7-19-8-14/h4-6H,3,7-8H2,1-2H3,(H,15,16)(H,17,18). The number of anilines is 1. The molecule has 0 atom stereocenters. The first kappa shape index (κ1) is 13.5. The van der Waals surface area contributed by atoms with Crippen molar-refractivity contribution in [1.29, 1.82) is 0 Å². The second-order valence-corrected chi connectivity index (χ2v) is 4.80. The van der Waals surface area contributed by atoms with Crippen molar-refractivity contribution in [3.63, 3.8) is 0 Å². The van der Waals surface area contributed by atoms with Gasteiger partial charge in [0.15, 0.2) is 5.41 Å². The summed E-state index contributed by atoms with van der Waals surface area (Å²) in [4.78, 5) is 23.4. The van der Waals surface area contributed by atoms with E-state index in [2.05, 4.69) is 5.32 Å². The fourth-order valence-corrected chi connectivity index (χ4v) is 2.09. The first-order chi connectivity index (χ1) is 9.01. The lowest BCUT2D eigenvalue weighted by molar-refractivity contribution is -0.182. The molecule has 5 nitrogen and oxygen atoms in total. The normalized spacial score (nSPS) is 16.5. The summed E-state index contributed by atoms with van der Waals surface area (Å²) < 4.78 is 4.90. The Balaban J connectivity index is 2.27. The molecule has 0 aliphatic carbocycles. The average Bonchev–Trinajstić information content (AvgIpc) is 2.29. The van der Waals surface area contributed by atoms with Crippen LogP contribution >= 0.6 is 0 Å². The molecule has 19 heavy (non-hydrogen) atoms. The largest absolute Gasteiger partial charge is 0.480 e. The van der Waals surface area contributed by atoms with Gasteiger partial charge in [-0.05, 0) is 24.5 Å². The smallest absolute Gasteiger partial charge is 0.324 e. The van der Waals surface area contributed by atoms with Gasteiger partial charge in [-0.25, -0.2) is 0 Å². The Bertz CT molecular complexity index is 520. The van der Waals surface area contributed by atoms with Gasteiger partial charge in [0.05, 0.1) is 13.2 Å². The zero-order valence-corrected chi connectivity index (χ0v) is 11.0. The number of aliphatic carboxylic acids is 1. The first-order valence-electron chi connectivity index (χ1n) is 6.22. The van der Waals surface area contributed by atoms with Crippen molar-refractivity contribution in [2.75, 3.05) is 18.5 Å². The van der Waals surface area contributed by atoms with E-state index >= 15 is 0 Å². The number of aryl methyl sites for hydroxylation is 2. The van der Waals surface area contributed by atoms with Gasteiger partial charge in [0, 0.05) is 5.69 Å². The maximum atomic E-state index is 12.2. The number of carbonyl (C=O) groups is 2. The van der Waals surface area contributed by atoms with E-state index in [9.17, 15) is 14.7 Å². The molecule has 102 valence electrons. The molecule has 1 aliphatic rings. The van der Waals surface area contributed by atoms with E-state index in [1.807, 2.05) is 32.0 Å². The number of nitrogens with one attached hydrogen (secondary N) is 1. The minimum absolute atomic E-state index is 0.0680. The van der Waals surface area contributed by atoms with Crippen molar-refractivity contribution in [3.05, 3.63) is 29.3 Å². The van der Waals surface area contributed by atoms with Crippen LogP contribution in [0.15, 0.2) is 18.2 Å². The summed E-state index contributed by atoms with van der Waals surface area (Å²) >= 11 is 0. The zero-order chi connectivity index (χ0) is 14.0. The molecule has 0 aromatic heterocycles. The van der Waals surface area contributed by atoms with Gasteiger partial charge in [-0.3, -0.25) is 9.59 Å². The molecule has 0 radical (unpaired) electrons. The number of hydrogen-bond donors (Lipinski definition) is 2. The number of ether oxygens (including phenoxy) is 1. The van der Waals surface area contributed by atoms with Crippen LogP contribution < -0.4 is 5.32 Å². The molecule has 1 aromatic rings. The molecule has 1 heterocycles. The molecule has 1 aromatic carbocycles. The lowest BCUT2D eigenvalue weighted by Gasteiger charge is -2.35. The maximum absolute atomic E-state index is 12.2. The molecule has 0 spiro atoms. The van der Waals surface area contributed by atoms with E-state index in [0.29, 0.717) is 5.69 Å². The van der Waals surface area contributed by atoms with Gasteiger partial charge in [0.25, 0.3) is 0 Å². The number of carboxylic acid groups (broad SMARTS) is 1. The van der Waals surface area contributed by atoms with Gasteiger partial charge in [-0.2, -0.15) is 0 Å². The van der Waals surface area contributed by atoms with Crippen LogP contribution in [0.5, 0.6) is 0 Å². The van der Waals surface area contributed by atoms with E-state index in [1.54, 1.807) is 0 Å². The van der Waals surface area contributed by atoms with Gasteiger partial charge in [-0.1, -0.05) is 25.1 Å². The summed E-state index contributed by atoms with van der Waals surface area (Å²) in [6.07, 6.45) is 0.772. The SMILES string of the molecule is CCc1cccc(C)c1NC(=O)C1(C(=O)O)COC1. The van der Waals surface area contributed by atoms with E-state index < -0.39 is 17.3 Å². The van der Waals surface area contributed by atoms with Crippen molar-refractivity contribution in [1.82, 2.24) is 0 Å². The number of para-hydroxylation sites is 1. The molecular formula is C14H17NO4. The molecule has 2 N–H and O–H groups in total. The van der Waals surface area contributed by atoms with E-state index in [-0.39, 0.29) is 13.2 Å². The monoisotopic (exact) mass is 263 g/mol. The van der Waals surface area contributed by atoms with Gasteiger partial charge in [0.1, 0.15) is 0 Å². The van der Waals surface area contributed by atoms with Crippen LogP contribution in [0.3, 0.4) is 0 Å². The van der Waals surface area contributed by atoms with Crippen LogP contribution in [0.1, 0.15) is 18.1 Å². The summed E-state index contributed by atoms with van der Waals surface area (Å²) in [6.45, 7) is 3.74. The number of carbonyl (C=O) groups excluding carboxylic acids is 1. The third-order valence-corrected chi connectivity index (χ3v) is 3.52. The predicted octanol–water partition coefficient (Wildman–Crippen LogP) is 1.60. The van der Waals surface area contributed by atoms with Crippen LogP contribution in [-0.4, -0.2) is 30.2 Å². The summed E-state index contributed by atoms with van der Waals surface area (Å²) in [6, 6.07) is 5.73. The van der Waals surface area contributed by atoms with Gasteiger partial charge < -0.3 is 15.2 Å². The summed E-state index contributed by atoms with van der Waals surface area (Å²) in [5.74, 6) is -1.64. The second-order valence-electron chi connectivity index (χ2n) is 4.80. The van der Waals surface area contributed by atoms with Crippen molar-refractivity contribution >= 4 is 17.6 Å². The van der Waals surface area contributed by atoms with Crippen LogP contribution in [-0.2, 0) is 20.7 Å². The highest BCUT2D eigenvalue weighted by Gasteiger charge is 2.53. The molecule has 2 rings (SSSR count). The minimum atomic E-state index is -1.44. The van der Waals surface area contributed by atoms with Gasteiger partial charge in [-0.15, -0.1) is 0 Å². The number of hydrogen-bond acceptors (Lipinski definition) is 3. The Kier molecular flexibility index (Phi) is 3.57. The minimum Gasteiger partial charge on any atom is -0.480 e. The average molecular weight is 263 g/mol. The maximum Gasteiger partial charge on any atom is 0.324 e. The Morgan fingerprint density at radius 1 is 1.42 bits per heavy atom. The Morgan fingerprint density at radius 3 is 2.58 bits per heavy atom. The quantitative estimate of drug-likeness (QED) is 0.809. The van der Waals surface area contributed by atoms with Crippen LogP contribution in [0.25, 0.3) is 0 Å². The second kappa shape index (κ2) is 5.01. The van der Waals surface area contributed by atoms with Gasteiger partial charge in [0.2, 0.25) is 5.91 Å². The molecule has 0 bridgehead atoms. The van der Waals surface area contributed by atoms with E-state index in [1.165, 1.54) is 0 Å². The lowest BCUT2D eigenvalue weighted by Crippen LogP contribution is -2.57. The van der Waals surface area contributed by atoms with E-state index in [0.717, 1.165) is 17.5 Å². The Hall–Kier alpha value is -1.88. The molecule has 1 amide bonds. The van der Waals surface area contributed by atoms with Crippen molar-refractivity contribution in [2.45, 2.75) is 20.3 Å². The topological polar surface area (TPSA) is 75.6 Å². The number of benzene rings is 1. The van der Waals surface area contributed by atoms with Gasteiger partial charge >= 0.3 is 5.97 Å². The molecule has 0 saturated carbocycles. The molecule has 5 heteroatoms. The summed E-state index contributed by atoms with van der Waals surface area (Å²) in [5.41, 5.74) is 1.19. The molecular weight excluding hydrogens is 246 g/mol. The fraction of sp³-hybridized carbons (Fsp3) is 0.429. The molecule has 1 saturated heterocycles. The van der Waals surface area contributed by atoms with Crippen molar-refractivity contribution in [2.24, 2.45) is 5.41 Å². The predicted molar refractivity (Wildman–Crippen MR) is 70.1 cm³/mol. The highest BCUT2D eigenvalue weighted by atomic mass is 16.5. The zero-order valence-electron chi connectivity index (χ0n) is 11.0. The van der Waals surface area contributed by atoms with Crippen molar-refractivity contribution < 1.29 is 19.4 Å². The highest BCUT2D eigenvalue weighted by molar-refractivity contribution is 6.09. The van der Waals surface area contributed by atoms with Crippen LogP contribution in [0.4, 0.5) is 5.69 Å². The van der Waals surface area contributed by atoms with E-state index in [4.69, 9.17) is 4.74 Å². The van der Waals surface area contributed by atoms with Crippen LogP contribution in [0.2, 0.25) is 0 Å². The number of carboxylic acids is 1. The molecule has 1 aliphatic heterocycles. The number of rotatable bonds is 4. The number of amides is 1. The first-order valence-corrected chi connectivity index (χ1v) is 6.22. The Labute approximate surface area is 111 Å². The fourth-order valence-electron chi connectivity index (χ4n) is 2.09. The lowest BCUT2D eigenvalue weighted by atomic mass is 9.84. The van der Waals surface area contributed by atoms with Crippen LogP contribution in [0, 0.1) is 12.3 Å². The third-order valence-electron chi connectivity index (χ3n) is 3.52. The third kappa shape index (κ3) is 2.21. The molecule has 0 unspecified atom stereocenters. The highest BCUT2D eigenvalue weighted by Crippen LogP contribution is 2.31.